The summed E-state index contributed by atoms with van der Waals surface area (Å²) >= 11 is 0. The van der Waals surface area contributed by atoms with Gasteiger partial charge < -0.3 is 11.1 Å². The first-order valence-electron chi connectivity index (χ1n) is 5.66. The molecule has 0 saturated carbocycles. The molecule has 16 heavy (non-hydrogen) atoms. The van der Waals surface area contributed by atoms with Crippen molar-refractivity contribution in [3.8, 4) is 0 Å². The molecule has 0 spiro atoms. The molecule has 0 aliphatic rings. The zero-order valence-corrected chi connectivity index (χ0v) is 11.6. The van der Waals surface area contributed by atoms with Gasteiger partial charge in [0.1, 0.15) is 0 Å². The largest absolute Gasteiger partial charge is 0.348 e. The van der Waals surface area contributed by atoms with Crippen LogP contribution in [-0.4, -0.2) is 17.5 Å². The highest BCUT2D eigenvalue weighted by atomic mass is 35.5. The average molecular weight is 249 g/mol. The summed E-state index contributed by atoms with van der Waals surface area (Å²) in [5.41, 5.74) is 6.48. The van der Waals surface area contributed by atoms with Crippen LogP contribution in [0.1, 0.15) is 47.0 Å². The fourth-order valence-corrected chi connectivity index (χ4v) is 1.68. The molecule has 0 fully saturated rings. The second-order valence-corrected chi connectivity index (χ2v) is 4.15. The van der Waals surface area contributed by atoms with Crippen LogP contribution in [0, 0.1) is 0 Å². The molecule has 0 aromatic carbocycles. The molecule has 4 heteroatoms. The van der Waals surface area contributed by atoms with E-state index in [9.17, 15) is 4.79 Å². The Bertz CT molecular complexity index is 237. The molecule has 3 nitrogen and oxygen atoms in total. The summed E-state index contributed by atoms with van der Waals surface area (Å²) in [5, 5.41) is 2.95. The SMILES string of the molecule is C=C(C)C(=O)NC(CC)C(N)(CC)CC.Cl. The smallest absolute Gasteiger partial charge is 0.246 e. The van der Waals surface area contributed by atoms with Crippen LogP contribution in [0.5, 0.6) is 0 Å². The van der Waals surface area contributed by atoms with Crippen LogP contribution in [0.15, 0.2) is 12.2 Å². The highest BCUT2D eigenvalue weighted by Crippen LogP contribution is 2.19. The molecule has 0 aromatic rings. The number of carbonyl (C=O) groups excluding carboxylic acids is 1. The summed E-state index contributed by atoms with van der Waals surface area (Å²) in [5.74, 6) is -0.0985. The summed E-state index contributed by atoms with van der Waals surface area (Å²) in [4.78, 5) is 11.5. The van der Waals surface area contributed by atoms with Gasteiger partial charge in [-0.2, -0.15) is 0 Å². The fraction of sp³-hybridized carbons (Fsp3) is 0.750. The third kappa shape index (κ3) is 4.54. The molecule has 96 valence electrons. The first-order valence-corrected chi connectivity index (χ1v) is 5.66. The Morgan fingerprint density at radius 3 is 2.06 bits per heavy atom. The van der Waals surface area contributed by atoms with Gasteiger partial charge in [-0.1, -0.05) is 27.4 Å². The normalized spacial score (nSPS) is 12.6. The van der Waals surface area contributed by atoms with Crippen molar-refractivity contribution >= 4 is 18.3 Å². The molecule has 3 N–H and O–H groups in total. The molecule has 0 aromatic heterocycles. The molecule has 0 heterocycles. The lowest BCUT2D eigenvalue weighted by molar-refractivity contribution is -0.118. The van der Waals surface area contributed by atoms with Gasteiger partial charge in [-0.3, -0.25) is 4.79 Å². The topological polar surface area (TPSA) is 55.1 Å². The predicted molar refractivity (Wildman–Crippen MR) is 71.8 cm³/mol. The number of halogens is 1. The summed E-state index contributed by atoms with van der Waals surface area (Å²) in [6, 6.07) is 0.0247. The van der Waals surface area contributed by atoms with Crippen molar-refractivity contribution in [3.63, 3.8) is 0 Å². The molecule has 0 aliphatic carbocycles. The average Bonchev–Trinajstić information content (AvgIpc) is 2.24. The van der Waals surface area contributed by atoms with E-state index in [-0.39, 0.29) is 29.9 Å². The first-order chi connectivity index (χ1) is 6.91. The first kappa shape index (κ1) is 17.8. The van der Waals surface area contributed by atoms with Crippen molar-refractivity contribution in [3.05, 3.63) is 12.2 Å². The van der Waals surface area contributed by atoms with Gasteiger partial charge in [-0.15, -0.1) is 12.4 Å². The lowest BCUT2D eigenvalue weighted by Gasteiger charge is -2.36. The zero-order valence-electron chi connectivity index (χ0n) is 10.8. The van der Waals surface area contributed by atoms with Crippen LogP contribution in [0.4, 0.5) is 0 Å². The van der Waals surface area contributed by atoms with Crippen molar-refractivity contribution < 1.29 is 4.79 Å². The quantitative estimate of drug-likeness (QED) is 0.710. The number of hydrogen-bond donors (Lipinski definition) is 2. The second-order valence-electron chi connectivity index (χ2n) is 4.15. The monoisotopic (exact) mass is 248 g/mol. The fourth-order valence-electron chi connectivity index (χ4n) is 1.68. The van der Waals surface area contributed by atoms with E-state index in [0.29, 0.717) is 5.57 Å². The molecule has 0 saturated heterocycles. The Labute approximate surface area is 105 Å². The maximum Gasteiger partial charge on any atom is 0.246 e. The van der Waals surface area contributed by atoms with Gasteiger partial charge in [0.15, 0.2) is 0 Å². The minimum atomic E-state index is -0.306. The van der Waals surface area contributed by atoms with Gasteiger partial charge in [-0.05, 0) is 26.2 Å². The van der Waals surface area contributed by atoms with Crippen molar-refractivity contribution in [1.29, 1.82) is 0 Å². The maximum absolute atomic E-state index is 11.5. The van der Waals surface area contributed by atoms with Gasteiger partial charge in [0.25, 0.3) is 0 Å². The molecular formula is C12H25ClN2O. The Balaban J connectivity index is 0. The molecule has 0 rings (SSSR count). The third-order valence-corrected chi connectivity index (χ3v) is 3.11. The van der Waals surface area contributed by atoms with E-state index in [0.717, 1.165) is 19.3 Å². The molecule has 1 atom stereocenters. The Hall–Kier alpha value is -0.540. The van der Waals surface area contributed by atoms with Crippen molar-refractivity contribution in [2.45, 2.75) is 58.5 Å². The Morgan fingerprint density at radius 1 is 1.38 bits per heavy atom. The van der Waals surface area contributed by atoms with E-state index < -0.39 is 0 Å². The van der Waals surface area contributed by atoms with Gasteiger partial charge in [0.2, 0.25) is 5.91 Å². The van der Waals surface area contributed by atoms with Crippen LogP contribution in [0.2, 0.25) is 0 Å². The van der Waals surface area contributed by atoms with Gasteiger partial charge in [0, 0.05) is 17.2 Å². The van der Waals surface area contributed by atoms with Gasteiger partial charge in [-0.25, -0.2) is 0 Å². The summed E-state index contributed by atoms with van der Waals surface area (Å²) in [6.45, 7) is 11.5. The highest BCUT2D eigenvalue weighted by Gasteiger charge is 2.31. The van der Waals surface area contributed by atoms with Crippen molar-refractivity contribution in [2.24, 2.45) is 5.73 Å². The third-order valence-electron chi connectivity index (χ3n) is 3.11. The number of nitrogens with one attached hydrogen (secondary N) is 1. The standard InChI is InChI=1S/C12H24N2O.ClH/c1-6-10(12(13,7-2)8-3)14-11(15)9(4)5;/h10H,4,6-8,13H2,1-3,5H3,(H,14,15);1H. The number of carbonyl (C=O) groups is 1. The minimum absolute atomic E-state index is 0. The maximum atomic E-state index is 11.5. The van der Waals surface area contributed by atoms with Crippen molar-refractivity contribution in [2.75, 3.05) is 0 Å². The van der Waals surface area contributed by atoms with E-state index in [1.165, 1.54) is 0 Å². The van der Waals surface area contributed by atoms with Crippen LogP contribution in [-0.2, 0) is 4.79 Å². The molecule has 1 unspecified atom stereocenters. The van der Waals surface area contributed by atoms with Gasteiger partial charge >= 0.3 is 0 Å². The molecule has 0 aliphatic heterocycles. The van der Waals surface area contributed by atoms with Crippen LogP contribution in [0.25, 0.3) is 0 Å². The lowest BCUT2D eigenvalue weighted by Crippen LogP contribution is -2.57. The number of nitrogens with two attached hydrogens (primary N) is 1. The molecule has 1 amide bonds. The summed E-state index contributed by atoms with van der Waals surface area (Å²) < 4.78 is 0. The van der Waals surface area contributed by atoms with E-state index in [4.69, 9.17) is 5.73 Å². The van der Waals surface area contributed by atoms with Crippen LogP contribution in [0.3, 0.4) is 0 Å². The van der Waals surface area contributed by atoms with E-state index in [1.807, 2.05) is 6.92 Å². The number of hydrogen-bond acceptors (Lipinski definition) is 2. The minimum Gasteiger partial charge on any atom is -0.348 e. The zero-order chi connectivity index (χ0) is 12.1. The Kier molecular flexibility index (Phi) is 8.57. The molecule has 0 bridgehead atoms. The molecular weight excluding hydrogens is 224 g/mol. The highest BCUT2D eigenvalue weighted by molar-refractivity contribution is 5.92. The van der Waals surface area contributed by atoms with Crippen LogP contribution >= 0.6 is 12.4 Å². The van der Waals surface area contributed by atoms with Gasteiger partial charge in [0.05, 0.1) is 0 Å². The van der Waals surface area contributed by atoms with E-state index in [1.54, 1.807) is 6.92 Å². The Morgan fingerprint density at radius 2 is 1.81 bits per heavy atom. The van der Waals surface area contributed by atoms with Crippen LogP contribution < -0.4 is 11.1 Å². The summed E-state index contributed by atoms with van der Waals surface area (Å²) in [6.07, 6.45) is 2.56. The van der Waals surface area contributed by atoms with E-state index in [2.05, 4.69) is 25.7 Å². The molecule has 0 radical (unpaired) electrons. The summed E-state index contributed by atoms with van der Waals surface area (Å²) in [7, 11) is 0. The number of amides is 1. The predicted octanol–water partition coefficient (Wildman–Crippen LogP) is 2.40. The lowest BCUT2D eigenvalue weighted by atomic mass is 9.84. The van der Waals surface area contributed by atoms with Crippen molar-refractivity contribution in [1.82, 2.24) is 5.32 Å². The van der Waals surface area contributed by atoms with E-state index >= 15 is 0 Å². The second kappa shape index (κ2) is 7.69. The number of rotatable bonds is 6.